The second-order valence-electron chi connectivity index (χ2n) is 8.08. The van der Waals surface area contributed by atoms with Gasteiger partial charge in [0.1, 0.15) is 11.5 Å². The van der Waals surface area contributed by atoms with Gasteiger partial charge in [-0.05, 0) is 68.6 Å². The average molecular weight is 423 g/mol. The number of primary amides is 1. The van der Waals surface area contributed by atoms with Crippen molar-refractivity contribution in [2.45, 2.75) is 26.2 Å². The highest BCUT2D eigenvalue weighted by Gasteiger charge is 2.38. The zero-order valence-electron chi connectivity index (χ0n) is 17.2. The van der Waals surface area contributed by atoms with Gasteiger partial charge in [-0.25, -0.2) is 14.5 Å². The van der Waals surface area contributed by atoms with Gasteiger partial charge < -0.3 is 21.3 Å². The topological polar surface area (TPSA) is 146 Å². The van der Waals surface area contributed by atoms with Crippen LogP contribution in [0.4, 0.5) is 0 Å². The van der Waals surface area contributed by atoms with E-state index in [1.165, 1.54) is 10.6 Å². The number of phenols is 2. The number of aryl methyl sites for hydroxylation is 1. The van der Waals surface area contributed by atoms with Crippen LogP contribution in [-0.2, 0) is 11.2 Å². The fraction of sp³-hybridized carbons (Fsp3) is 0.318. The number of H-pyrrole nitrogens is 1. The number of nitrogens with two attached hydrogens (primary N) is 1. The summed E-state index contributed by atoms with van der Waals surface area (Å²) in [5.74, 6) is -0.340. The number of aromatic hydroxyl groups is 2. The van der Waals surface area contributed by atoms with Crippen molar-refractivity contribution in [2.24, 2.45) is 11.1 Å². The van der Waals surface area contributed by atoms with Gasteiger partial charge in [0.15, 0.2) is 5.82 Å². The number of amides is 1. The van der Waals surface area contributed by atoms with E-state index < -0.39 is 11.1 Å². The average Bonchev–Trinajstić information content (AvgIpc) is 3.12. The number of nitrogens with zero attached hydrogens (tertiary/aromatic N) is 2. The number of carbonyl (C=O) groups is 1. The Morgan fingerprint density at radius 3 is 2.65 bits per heavy atom. The fourth-order valence-electron chi connectivity index (χ4n) is 4.19. The zero-order valence-corrected chi connectivity index (χ0v) is 17.2. The molecule has 1 amide bonds. The highest BCUT2D eigenvalue weighted by atomic mass is 16.3. The summed E-state index contributed by atoms with van der Waals surface area (Å²) < 4.78 is 1.36. The Bertz CT molecular complexity index is 1190. The normalized spacial score (nSPS) is 15.6. The molecule has 0 spiro atoms. The van der Waals surface area contributed by atoms with Crippen LogP contribution in [0.2, 0.25) is 0 Å². The third-order valence-electron chi connectivity index (χ3n) is 6.02. The predicted octanol–water partition coefficient (Wildman–Crippen LogP) is 1.34. The van der Waals surface area contributed by atoms with Gasteiger partial charge in [0.2, 0.25) is 5.91 Å². The quantitative estimate of drug-likeness (QED) is 0.419. The van der Waals surface area contributed by atoms with Crippen molar-refractivity contribution in [1.82, 2.24) is 20.1 Å². The number of piperidine rings is 1. The molecule has 162 valence electrons. The van der Waals surface area contributed by atoms with Gasteiger partial charge in [0, 0.05) is 6.07 Å². The summed E-state index contributed by atoms with van der Waals surface area (Å²) in [6, 6.07) is 10.1. The van der Waals surface area contributed by atoms with Crippen molar-refractivity contribution in [3.63, 3.8) is 0 Å². The number of aromatic nitrogens is 3. The lowest BCUT2D eigenvalue weighted by molar-refractivity contribution is -0.129. The first-order chi connectivity index (χ1) is 14.8. The van der Waals surface area contributed by atoms with Crippen molar-refractivity contribution >= 4 is 5.91 Å². The molecule has 1 fully saturated rings. The minimum absolute atomic E-state index is 0.0496. The molecule has 0 aliphatic carbocycles. The summed E-state index contributed by atoms with van der Waals surface area (Å²) in [6.07, 6.45) is 1.79. The smallest absolute Gasteiger partial charge is 0.348 e. The number of phenolic OH excluding ortho intramolecular Hbond substituents is 2. The number of benzene rings is 2. The van der Waals surface area contributed by atoms with Crippen molar-refractivity contribution in [3.8, 4) is 28.6 Å². The lowest BCUT2D eigenvalue weighted by Gasteiger charge is -2.34. The van der Waals surface area contributed by atoms with Crippen LogP contribution >= 0.6 is 0 Å². The lowest BCUT2D eigenvalue weighted by atomic mass is 9.73. The monoisotopic (exact) mass is 423 g/mol. The van der Waals surface area contributed by atoms with E-state index in [0.717, 1.165) is 18.7 Å². The Balaban J connectivity index is 1.76. The van der Waals surface area contributed by atoms with Crippen LogP contribution in [0.1, 0.15) is 24.0 Å². The second-order valence-corrected chi connectivity index (χ2v) is 8.08. The van der Waals surface area contributed by atoms with Gasteiger partial charge in [0.05, 0.1) is 16.7 Å². The van der Waals surface area contributed by atoms with Gasteiger partial charge in [-0.15, -0.1) is 0 Å². The first kappa shape index (κ1) is 20.7. The van der Waals surface area contributed by atoms with Crippen molar-refractivity contribution in [1.29, 1.82) is 0 Å². The molecule has 1 aromatic heterocycles. The maximum Gasteiger partial charge on any atom is 0.348 e. The molecular weight excluding hydrogens is 398 g/mol. The van der Waals surface area contributed by atoms with Gasteiger partial charge in [-0.3, -0.25) is 4.79 Å². The molecule has 0 unspecified atom stereocenters. The van der Waals surface area contributed by atoms with Crippen LogP contribution in [0.5, 0.6) is 11.5 Å². The fourth-order valence-corrected chi connectivity index (χ4v) is 4.19. The van der Waals surface area contributed by atoms with Crippen molar-refractivity contribution in [3.05, 3.63) is 58.0 Å². The molecule has 2 aromatic carbocycles. The molecule has 0 radical (unpaired) electrons. The molecule has 0 bridgehead atoms. The maximum atomic E-state index is 12.6. The summed E-state index contributed by atoms with van der Waals surface area (Å²) in [5, 5.41) is 29.9. The van der Waals surface area contributed by atoms with E-state index in [2.05, 4.69) is 15.5 Å². The summed E-state index contributed by atoms with van der Waals surface area (Å²) in [7, 11) is 0. The Morgan fingerprint density at radius 2 is 1.94 bits per heavy atom. The van der Waals surface area contributed by atoms with Gasteiger partial charge in [-0.2, -0.15) is 5.10 Å². The Kier molecular flexibility index (Phi) is 5.28. The summed E-state index contributed by atoms with van der Waals surface area (Å²) >= 11 is 0. The highest BCUT2D eigenvalue weighted by molar-refractivity contribution is 5.81. The molecule has 9 heteroatoms. The molecule has 2 heterocycles. The molecule has 3 aromatic rings. The second kappa shape index (κ2) is 7.92. The van der Waals surface area contributed by atoms with Gasteiger partial charge in [0.25, 0.3) is 0 Å². The number of nitrogens with one attached hydrogen (secondary N) is 2. The van der Waals surface area contributed by atoms with Crippen LogP contribution in [-0.4, -0.2) is 44.0 Å². The molecule has 31 heavy (non-hydrogen) atoms. The minimum atomic E-state index is -0.625. The number of hydrogen-bond acceptors (Lipinski definition) is 6. The first-order valence-corrected chi connectivity index (χ1v) is 10.1. The molecule has 0 atom stereocenters. The van der Waals surface area contributed by atoms with E-state index in [4.69, 9.17) is 5.73 Å². The molecule has 0 saturated carbocycles. The molecule has 1 aliphatic heterocycles. The van der Waals surface area contributed by atoms with E-state index in [1.807, 2.05) is 18.2 Å². The molecular formula is C22H25N5O4. The number of carbonyl (C=O) groups excluding carboxylic acids is 1. The van der Waals surface area contributed by atoms with Crippen LogP contribution < -0.4 is 16.7 Å². The molecule has 9 nitrogen and oxygen atoms in total. The minimum Gasteiger partial charge on any atom is -0.508 e. The van der Waals surface area contributed by atoms with Crippen molar-refractivity contribution < 1.29 is 15.0 Å². The zero-order chi connectivity index (χ0) is 22.2. The SMILES string of the molecule is Cc1cc(-c2n[nH]c(=O)n2-c2cccc(CC3(C(N)=O)CCNCC3)c2)c(O)cc1O. The van der Waals surface area contributed by atoms with E-state index >= 15 is 0 Å². The third-order valence-corrected chi connectivity index (χ3v) is 6.02. The summed E-state index contributed by atoms with van der Waals surface area (Å²) in [4.78, 5) is 24.8. The molecule has 1 saturated heterocycles. The maximum absolute atomic E-state index is 12.6. The van der Waals surface area contributed by atoms with Crippen LogP contribution in [0.3, 0.4) is 0 Å². The van der Waals surface area contributed by atoms with E-state index in [1.54, 1.807) is 19.1 Å². The Morgan fingerprint density at radius 1 is 1.19 bits per heavy atom. The van der Waals surface area contributed by atoms with E-state index in [-0.39, 0.29) is 23.2 Å². The summed E-state index contributed by atoms with van der Waals surface area (Å²) in [6.45, 7) is 3.15. The van der Waals surface area contributed by atoms with Gasteiger partial charge in [-0.1, -0.05) is 12.1 Å². The first-order valence-electron chi connectivity index (χ1n) is 10.1. The predicted molar refractivity (Wildman–Crippen MR) is 115 cm³/mol. The van der Waals surface area contributed by atoms with Crippen LogP contribution in [0.25, 0.3) is 17.1 Å². The van der Waals surface area contributed by atoms with E-state index in [9.17, 15) is 19.8 Å². The van der Waals surface area contributed by atoms with Crippen LogP contribution in [0, 0.1) is 12.3 Å². The summed E-state index contributed by atoms with van der Waals surface area (Å²) in [5.41, 5.74) is 6.95. The number of rotatable bonds is 5. The number of aromatic amines is 1. The highest BCUT2D eigenvalue weighted by Crippen LogP contribution is 2.35. The van der Waals surface area contributed by atoms with Crippen LogP contribution in [0.15, 0.2) is 41.2 Å². The third kappa shape index (κ3) is 3.79. The lowest BCUT2D eigenvalue weighted by Crippen LogP contribution is -2.46. The standard InChI is InChI=1S/C22H25N5O4/c1-13-9-16(18(29)11-17(13)28)19-25-26-21(31)27(19)15-4-2-3-14(10-15)12-22(20(23)30)5-7-24-8-6-22/h2-4,9-11,24,28-29H,5-8,12H2,1H3,(H2,23,30)(H,26,31). The Labute approximate surface area is 178 Å². The van der Waals surface area contributed by atoms with Crippen molar-refractivity contribution in [2.75, 3.05) is 13.1 Å². The molecule has 1 aliphatic rings. The van der Waals surface area contributed by atoms with Gasteiger partial charge >= 0.3 is 5.69 Å². The largest absolute Gasteiger partial charge is 0.508 e. The molecule has 6 N–H and O–H groups in total. The number of hydrogen-bond donors (Lipinski definition) is 5. The Hall–Kier alpha value is -3.59. The molecule has 4 rings (SSSR count). The van der Waals surface area contributed by atoms with E-state index in [0.29, 0.717) is 36.1 Å².